The molecule has 0 N–H and O–H groups in total. The normalized spacial score (nSPS) is 20.7. The molecule has 6 nitrogen and oxygen atoms in total. The Bertz CT molecular complexity index is 1460. The molecule has 0 bridgehead atoms. The highest BCUT2D eigenvalue weighted by Gasteiger charge is 2.41. The monoisotopic (exact) mass is 645 g/mol. The topological polar surface area (TPSA) is 60.9 Å². The fourth-order valence-electron chi connectivity index (χ4n) is 6.02. The molecule has 10 heteroatoms. The summed E-state index contributed by atoms with van der Waals surface area (Å²) in [4.78, 5) is 46.3. The number of likely N-dealkylation sites (N-methyl/N-ethyl adjacent to an activating group) is 1. The Hall–Kier alpha value is -2.77. The van der Waals surface area contributed by atoms with Gasteiger partial charge < -0.3 is 14.7 Å². The van der Waals surface area contributed by atoms with E-state index in [9.17, 15) is 14.4 Å². The van der Waals surface area contributed by atoms with E-state index in [2.05, 4.69) is 0 Å². The number of carbonyl (C=O) groups excluding carboxylic acids is 3. The minimum Gasteiger partial charge on any atom is -0.340 e. The highest BCUT2D eigenvalue weighted by molar-refractivity contribution is 6.42. The molecule has 0 saturated carbocycles. The van der Waals surface area contributed by atoms with E-state index in [0.29, 0.717) is 63.7 Å². The van der Waals surface area contributed by atoms with Crippen LogP contribution >= 0.6 is 46.4 Å². The van der Waals surface area contributed by atoms with Gasteiger partial charge in [0.15, 0.2) is 0 Å². The van der Waals surface area contributed by atoms with Gasteiger partial charge in [0.1, 0.15) is 6.04 Å². The molecule has 0 radical (unpaired) electrons. The van der Waals surface area contributed by atoms with Crippen LogP contribution in [-0.2, 0) is 4.79 Å². The van der Waals surface area contributed by atoms with Gasteiger partial charge in [-0.15, -0.1) is 0 Å². The number of amides is 3. The van der Waals surface area contributed by atoms with E-state index in [1.807, 2.05) is 17.0 Å². The minimum absolute atomic E-state index is 0.0767. The van der Waals surface area contributed by atoms with Gasteiger partial charge in [0.2, 0.25) is 5.91 Å². The van der Waals surface area contributed by atoms with Crippen LogP contribution < -0.4 is 0 Å². The van der Waals surface area contributed by atoms with E-state index in [-0.39, 0.29) is 29.7 Å². The molecule has 3 aromatic carbocycles. The highest BCUT2D eigenvalue weighted by atomic mass is 35.5. The van der Waals surface area contributed by atoms with E-state index in [1.165, 1.54) is 0 Å². The number of likely N-dealkylation sites (tertiary alicyclic amines) is 2. The van der Waals surface area contributed by atoms with Gasteiger partial charge in [-0.05, 0) is 91.9 Å². The van der Waals surface area contributed by atoms with Crippen molar-refractivity contribution in [3.8, 4) is 0 Å². The molecule has 0 aromatic heterocycles. The zero-order valence-electron chi connectivity index (χ0n) is 23.1. The molecule has 2 fully saturated rings. The van der Waals surface area contributed by atoms with Crippen molar-refractivity contribution in [1.82, 2.24) is 14.7 Å². The molecule has 2 saturated heterocycles. The van der Waals surface area contributed by atoms with Crippen LogP contribution in [0.15, 0.2) is 66.7 Å². The van der Waals surface area contributed by atoms with Gasteiger partial charge in [-0.1, -0.05) is 52.5 Å². The lowest BCUT2D eigenvalue weighted by atomic mass is 9.84. The number of nitrogens with zero attached hydrogens (tertiary/aromatic N) is 3. The Morgan fingerprint density at radius 1 is 0.762 bits per heavy atom. The van der Waals surface area contributed by atoms with Crippen LogP contribution in [0.5, 0.6) is 0 Å². The summed E-state index contributed by atoms with van der Waals surface area (Å²) < 4.78 is 0. The summed E-state index contributed by atoms with van der Waals surface area (Å²) in [5.74, 6) is -0.600. The molecule has 220 valence electrons. The van der Waals surface area contributed by atoms with E-state index < -0.39 is 6.04 Å². The van der Waals surface area contributed by atoms with Crippen molar-refractivity contribution in [2.75, 3.05) is 26.7 Å². The zero-order valence-corrected chi connectivity index (χ0v) is 26.1. The van der Waals surface area contributed by atoms with Crippen molar-refractivity contribution in [1.29, 1.82) is 0 Å². The molecule has 2 aliphatic rings. The molecule has 3 amide bonds. The number of piperidine rings is 2. The quantitative estimate of drug-likeness (QED) is 0.289. The summed E-state index contributed by atoms with van der Waals surface area (Å²) in [6, 6.07) is 18.3. The van der Waals surface area contributed by atoms with Crippen LogP contribution in [0.3, 0.4) is 0 Å². The first-order valence-electron chi connectivity index (χ1n) is 14.0. The van der Waals surface area contributed by atoms with Crippen LogP contribution in [0.2, 0.25) is 20.1 Å². The van der Waals surface area contributed by atoms with Crippen LogP contribution in [0.25, 0.3) is 0 Å². The van der Waals surface area contributed by atoms with Gasteiger partial charge >= 0.3 is 0 Å². The molecule has 3 aromatic rings. The molecule has 0 unspecified atom stereocenters. The molecular weight excluding hydrogens is 616 g/mol. The van der Waals surface area contributed by atoms with Crippen LogP contribution in [-0.4, -0.2) is 71.2 Å². The first kappa shape index (κ1) is 30.7. The number of rotatable bonds is 5. The Labute approximate surface area is 266 Å². The van der Waals surface area contributed by atoms with Gasteiger partial charge in [-0.25, -0.2) is 0 Å². The summed E-state index contributed by atoms with van der Waals surface area (Å²) in [7, 11) is 1.79. The lowest BCUT2D eigenvalue weighted by Crippen LogP contribution is -2.57. The largest absolute Gasteiger partial charge is 0.340 e. The Kier molecular flexibility index (Phi) is 9.68. The molecule has 2 aliphatic heterocycles. The molecule has 3 atom stereocenters. The van der Waals surface area contributed by atoms with Crippen molar-refractivity contribution in [2.45, 2.75) is 43.7 Å². The van der Waals surface area contributed by atoms with Crippen molar-refractivity contribution < 1.29 is 14.4 Å². The standard InChI is InChI=1S/C32H31Cl4N3O3/c1-37(30(40)20-5-10-23(33)11-6-20)28-15-17-38(19-25(28)22-9-14-26(35)27(36)18-22)32(42)29-4-2-3-16-39(29)31(41)21-7-12-24(34)13-8-21/h5-14,18,25,28-29H,2-4,15-17,19H2,1H3/t25-,28+,29+/m0/s1. The predicted octanol–water partition coefficient (Wildman–Crippen LogP) is 7.45. The van der Waals surface area contributed by atoms with Gasteiger partial charge in [-0.2, -0.15) is 0 Å². The fourth-order valence-corrected chi connectivity index (χ4v) is 6.58. The second kappa shape index (κ2) is 13.3. The third-order valence-corrected chi connectivity index (χ3v) is 9.55. The van der Waals surface area contributed by atoms with Gasteiger partial charge in [0.25, 0.3) is 11.8 Å². The number of halogens is 4. The first-order valence-corrected chi connectivity index (χ1v) is 15.5. The third-order valence-electron chi connectivity index (χ3n) is 8.31. The fraction of sp³-hybridized carbons (Fsp3) is 0.344. The summed E-state index contributed by atoms with van der Waals surface area (Å²) in [5.41, 5.74) is 1.93. The first-order chi connectivity index (χ1) is 20.1. The number of benzene rings is 3. The Balaban J connectivity index is 1.40. The maximum Gasteiger partial charge on any atom is 0.254 e. The summed E-state index contributed by atoms with van der Waals surface area (Å²) in [6.45, 7) is 1.35. The SMILES string of the molecule is CN(C(=O)c1ccc(Cl)cc1)[C@@H]1CCN(C(=O)[C@H]2CCCCN2C(=O)c2ccc(Cl)cc2)C[C@H]1c1ccc(Cl)c(Cl)c1. The summed E-state index contributed by atoms with van der Waals surface area (Å²) in [6.07, 6.45) is 2.87. The zero-order chi connectivity index (χ0) is 30.0. The van der Waals surface area contributed by atoms with E-state index in [0.717, 1.165) is 18.4 Å². The lowest BCUT2D eigenvalue weighted by molar-refractivity contribution is -0.139. The Morgan fingerprint density at radius 2 is 1.40 bits per heavy atom. The molecule has 0 aliphatic carbocycles. The van der Waals surface area contributed by atoms with Crippen molar-refractivity contribution in [3.05, 3.63) is 104 Å². The van der Waals surface area contributed by atoms with Crippen LogP contribution in [0.1, 0.15) is 57.9 Å². The summed E-state index contributed by atoms with van der Waals surface area (Å²) >= 11 is 24.7. The van der Waals surface area contributed by atoms with Crippen molar-refractivity contribution in [3.63, 3.8) is 0 Å². The van der Waals surface area contributed by atoms with E-state index in [1.54, 1.807) is 71.4 Å². The summed E-state index contributed by atoms with van der Waals surface area (Å²) in [5, 5.41) is 1.95. The van der Waals surface area contributed by atoms with Gasteiger partial charge in [0, 0.05) is 59.8 Å². The molecule has 2 heterocycles. The lowest BCUT2D eigenvalue weighted by Gasteiger charge is -2.45. The predicted molar refractivity (Wildman–Crippen MR) is 168 cm³/mol. The number of hydrogen-bond donors (Lipinski definition) is 0. The van der Waals surface area contributed by atoms with E-state index in [4.69, 9.17) is 46.4 Å². The third kappa shape index (κ3) is 6.57. The Morgan fingerprint density at radius 3 is 2.05 bits per heavy atom. The van der Waals surface area contributed by atoms with E-state index >= 15 is 0 Å². The molecule has 5 rings (SSSR count). The maximum absolute atomic E-state index is 14.1. The smallest absolute Gasteiger partial charge is 0.254 e. The van der Waals surface area contributed by atoms with Crippen molar-refractivity contribution >= 4 is 64.1 Å². The van der Waals surface area contributed by atoms with Crippen LogP contribution in [0, 0.1) is 0 Å². The van der Waals surface area contributed by atoms with Crippen LogP contribution in [0.4, 0.5) is 0 Å². The average molecular weight is 647 g/mol. The van der Waals surface area contributed by atoms with Gasteiger partial charge in [0.05, 0.1) is 10.0 Å². The molecule has 42 heavy (non-hydrogen) atoms. The van der Waals surface area contributed by atoms with Crippen molar-refractivity contribution in [2.24, 2.45) is 0 Å². The van der Waals surface area contributed by atoms with Gasteiger partial charge in [-0.3, -0.25) is 14.4 Å². The molecule has 0 spiro atoms. The second-order valence-corrected chi connectivity index (χ2v) is 12.5. The molecular formula is C32H31Cl4N3O3. The highest BCUT2D eigenvalue weighted by Crippen LogP contribution is 2.35. The maximum atomic E-state index is 14.1. The minimum atomic E-state index is -0.554. The average Bonchev–Trinajstić information content (AvgIpc) is 3.01. The number of hydrogen-bond acceptors (Lipinski definition) is 3. The second-order valence-electron chi connectivity index (χ2n) is 10.9. The number of carbonyl (C=O) groups is 3.